The molecule has 0 aliphatic carbocycles. The SMILES string of the molecule is COC1=N[C@H](Cc2ccc(Cl)nc2Cl)C(OC)=N[C@H]1C(C)C. The summed E-state index contributed by atoms with van der Waals surface area (Å²) in [5, 5.41) is 0.724. The average molecular weight is 344 g/mol. The fourth-order valence-electron chi connectivity index (χ4n) is 2.29. The number of aliphatic imine (C=N–C) groups is 2. The number of aromatic nitrogens is 1. The van der Waals surface area contributed by atoms with Crippen molar-refractivity contribution >= 4 is 35.0 Å². The van der Waals surface area contributed by atoms with Crippen molar-refractivity contribution in [1.29, 1.82) is 0 Å². The highest BCUT2D eigenvalue weighted by Crippen LogP contribution is 2.23. The molecule has 0 fully saturated rings. The third-order valence-corrected chi connectivity index (χ3v) is 3.98. The van der Waals surface area contributed by atoms with Gasteiger partial charge in [-0.25, -0.2) is 15.0 Å². The third-order valence-electron chi connectivity index (χ3n) is 3.44. The molecule has 120 valence electrons. The Hall–Kier alpha value is -1.33. The van der Waals surface area contributed by atoms with Crippen LogP contribution >= 0.6 is 23.2 Å². The van der Waals surface area contributed by atoms with Crippen molar-refractivity contribution < 1.29 is 9.47 Å². The van der Waals surface area contributed by atoms with Gasteiger partial charge in [0.05, 0.1) is 14.2 Å². The molecule has 0 saturated carbocycles. The van der Waals surface area contributed by atoms with Gasteiger partial charge in [0.25, 0.3) is 0 Å². The van der Waals surface area contributed by atoms with Crippen LogP contribution in [0.3, 0.4) is 0 Å². The van der Waals surface area contributed by atoms with Crippen LogP contribution in [0.25, 0.3) is 0 Å². The maximum absolute atomic E-state index is 6.13. The Kier molecular flexibility index (Phi) is 5.64. The van der Waals surface area contributed by atoms with Gasteiger partial charge in [-0.2, -0.15) is 0 Å². The molecule has 1 aliphatic rings. The minimum Gasteiger partial charge on any atom is -0.483 e. The van der Waals surface area contributed by atoms with Gasteiger partial charge in [-0.05, 0) is 17.5 Å². The molecule has 0 aromatic carbocycles. The molecule has 0 amide bonds. The highest BCUT2D eigenvalue weighted by atomic mass is 35.5. The molecule has 7 heteroatoms. The third kappa shape index (κ3) is 3.70. The van der Waals surface area contributed by atoms with E-state index in [9.17, 15) is 0 Å². The Balaban J connectivity index is 2.29. The monoisotopic (exact) mass is 343 g/mol. The van der Waals surface area contributed by atoms with Crippen molar-refractivity contribution in [3.63, 3.8) is 0 Å². The maximum Gasteiger partial charge on any atom is 0.209 e. The van der Waals surface area contributed by atoms with E-state index < -0.39 is 0 Å². The standard InChI is InChI=1S/C15H19Cl2N3O2/c1-8(2)12-15(22-4)18-10(14(20-12)21-3)7-9-5-6-11(16)19-13(9)17/h5-6,8,10,12H,7H2,1-4H3/t10-,12+/m1/s1. The first-order valence-corrected chi connectivity index (χ1v) is 7.76. The Morgan fingerprint density at radius 3 is 2.32 bits per heavy atom. The van der Waals surface area contributed by atoms with Gasteiger partial charge in [-0.15, -0.1) is 0 Å². The summed E-state index contributed by atoms with van der Waals surface area (Å²) in [4.78, 5) is 13.3. The molecule has 0 bridgehead atoms. The van der Waals surface area contributed by atoms with Crippen LogP contribution in [0.2, 0.25) is 10.3 Å². The summed E-state index contributed by atoms with van der Waals surface area (Å²) in [6.07, 6.45) is 0.521. The highest BCUT2D eigenvalue weighted by molar-refractivity contribution is 6.32. The number of rotatable bonds is 3. The first-order valence-electron chi connectivity index (χ1n) is 7.00. The zero-order valence-corrected chi connectivity index (χ0v) is 14.5. The number of nitrogens with zero attached hydrogens (tertiary/aromatic N) is 3. The second-order valence-corrected chi connectivity index (χ2v) is 6.08. The van der Waals surface area contributed by atoms with Gasteiger partial charge in [-0.3, -0.25) is 0 Å². The number of pyridine rings is 1. The molecule has 0 saturated heterocycles. The molecule has 5 nitrogen and oxygen atoms in total. The Morgan fingerprint density at radius 2 is 1.77 bits per heavy atom. The van der Waals surface area contributed by atoms with Crippen molar-refractivity contribution in [2.24, 2.45) is 15.9 Å². The lowest BCUT2D eigenvalue weighted by Crippen LogP contribution is -2.38. The van der Waals surface area contributed by atoms with Crippen LogP contribution in [-0.2, 0) is 15.9 Å². The van der Waals surface area contributed by atoms with Gasteiger partial charge in [0.15, 0.2) is 0 Å². The van der Waals surface area contributed by atoms with Crippen molar-refractivity contribution in [2.75, 3.05) is 14.2 Å². The van der Waals surface area contributed by atoms with E-state index in [0.29, 0.717) is 28.5 Å². The van der Waals surface area contributed by atoms with Gasteiger partial charge >= 0.3 is 0 Å². The topological polar surface area (TPSA) is 56.1 Å². The second-order valence-electron chi connectivity index (χ2n) is 5.34. The number of hydrogen-bond acceptors (Lipinski definition) is 5. The molecule has 2 rings (SSSR count). The minimum atomic E-state index is -0.282. The molecular weight excluding hydrogens is 325 g/mol. The first-order chi connectivity index (χ1) is 10.5. The van der Waals surface area contributed by atoms with Gasteiger partial charge < -0.3 is 9.47 Å². The molecule has 2 heterocycles. The van der Waals surface area contributed by atoms with Crippen LogP contribution in [0.15, 0.2) is 22.1 Å². The first kappa shape index (κ1) is 17.0. The summed E-state index contributed by atoms with van der Waals surface area (Å²) in [6.45, 7) is 4.13. The van der Waals surface area contributed by atoms with E-state index >= 15 is 0 Å². The van der Waals surface area contributed by atoms with Gasteiger partial charge in [0.1, 0.15) is 22.4 Å². The quantitative estimate of drug-likeness (QED) is 0.790. The molecule has 0 radical (unpaired) electrons. The predicted octanol–water partition coefficient (Wildman–Crippen LogP) is 3.43. The molecule has 1 aromatic heterocycles. The van der Waals surface area contributed by atoms with E-state index in [1.807, 2.05) is 6.07 Å². The molecule has 0 N–H and O–H groups in total. The zero-order valence-electron chi connectivity index (χ0n) is 13.0. The molecule has 1 aromatic rings. The van der Waals surface area contributed by atoms with Crippen molar-refractivity contribution in [3.05, 3.63) is 28.0 Å². The smallest absolute Gasteiger partial charge is 0.209 e. The average Bonchev–Trinajstić information content (AvgIpc) is 2.49. The molecule has 1 aliphatic heterocycles. The number of halogens is 2. The molecule has 22 heavy (non-hydrogen) atoms. The largest absolute Gasteiger partial charge is 0.483 e. The van der Waals surface area contributed by atoms with Gasteiger partial charge in [0.2, 0.25) is 11.8 Å². The molecule has 2 atom stereocenters. The highest BCUT2D eigenvalue weighted by Gasteiger charge is 2.31. The van der Waals surface area contributed by atoms with E-state index in [-0.39, 0.29) is 18.0 Å². The van der Waals surface area contributed by atoms with Crippen molar-refractivity contribution in [1.82, 2.24) is 4.98 Å². The lowest BCUT2D eigenvalue weighted by molar-refractivity contribution is 0.332. The number of hydrogen-bond donors (Lipinski definition) is 0. The van der Waals surface area contributed by atoms with Gasteiger partial charge in [-0.1, -0.05) is 43.1 Å². The van der Waals surface area contributed by atoms with Crippen LogP contribution in [-0.4, -0.2) is 43.1 Å². The van der Waals surface area contributed by atoms with E-state index in [0.717, 1.165) is 5.56 Å². The minimum absolute atomic E-state index is 0.130. The lowest BCUT2D eigenvalue weighted by atomic mass is 10.0. The van der Waals surface area contributed by atoms with Crippen LogP contribution in [0.4, 0.5) is 0 Å². The molecule has 0 spiro atoms. The van der Waals surface area contributed by atoms with Crippen LogP contribution in [0, 0.1) is 5.92 Å². The summed E-state index contributed by atoms with van der Waals surface area (Å²) in [7, 11) is 3.20. The van der Waals surface area contributed by atoms with Gasteiger partial charge in [0, 0.05) is 6.42 Å². The fraction of sp³-hybridized carbons (Fsp3) is 0.533. The number of ether oxygens (including phenoxy) is 2. The van der Waals surface area contributed by atoms with Crippen LogP contribution in [0.1, 0.15) is 19.4 Å². The van der Waals surface area contributed by atoms with E-state index in [1.165, 1.54) is 0 Å². The van der Waals surface area contributed by atoms with Crippen molar-refractivity contribution in [3.8, 4) is 0 Å². The van der Waals surface area contributed by atoms with Crippen LogP contribution in [0.5, 0.6) is 0 Å². The van der Waals surface area contributed by atoms with Crippen molar-refractivity contribution in [2.45, 2.75) is 32.4 Å². The zero-order chi connectivity index (χ0) is 16.3. The Morgan fingerprint density at radius 1 is 1.09 bits per heavy atom. The Bertz CT molecular complexity index is 602. The maximum atomic E-state index is 6.13. The summed E-state index contributed by atoms with van der Waals surface area (Å²) in [5.41, 5.74) is 0.836. The Labute approximate surface area is 140 Å². The van der Waals surface area contributed by atoms with Crippen LogP contribution < -0.4 is 0 Å². The summed E-state index contributed by atoms with van der Waals surface area (Å²) >= 11 is 12.0. The molecule has 0 unspecified atom stereocenters. The summed E-state index contributed by atoms with van der Waals surface area (Å²) in [5.74, 6) is 1.45. The summed E-state index contributed by atoms with van der Waals surface area (Å²) in [6, 6.07) is 3.12. The lowest BCUT2D eigenvalue weighted by Gasteiger charge is -2.27. The van der Waals surface area contributed by atoms with E-state index in [1.54, 1.807) is 20.3 Å². The summed E-state index contributed by atoms with van der Waals surface area (Å²) < 4.78 is 10.8. The van der Waals surface area contributed by atoms with E-state index in [4.69, 9.17) is 32.7 Å². The normalized spacial score (nSPS) is 21.4. The van der Waals surface area contributed by atoms with E-state index in [2.05, 4.69) is 28.8 Å². The molecular formula is C15H19Cl2N3O2. The second kappa shape index (κ2) is 7.29. The fourth-order valence-corrected chi connectivity index (χ4v) is 2.72. The number of methoxy groups -OCH3 is 2. The predicted molar refractivity (Wildman–Crippen MR) is 89.3 cm³/mol.